The Kier molecular flexibility index (Phi) is 9.09. The summed E-state index contributed by atoms with van der Waals surface area (Å²) in [4.78, 5) is 22.0. The fourth-order valence-corrected chi connectivity index (χ4v) is 8.12. The van der Waals surface area contributed by atoms with E-state index in [2.05, 4.69) is 36.6 Å². The molecule has 2 aliphatic heterocycles. The fourth-order valence-electron chi connectivity index (χ4n) is 5.46. The summed E-state index contributed by atoms with van der Waals surface area (Å²) in [5.74, 6) is 1.90. The summed E-state index contributed by atoms with van der Waals surface area (Å²) in [7, 11) is -3.80. The first-order valence-electron chi connectivity index (χ1n) is 15.5. The summed E-state index contributed by atoms with van der Waals surface area (Å²) >= 11 is 0. The van der Waals surface area contributed by atoms with Crippen molar-refractivity contribution in [2.24, 2.45) is 4.36 Å². The van der Waals surface area contributed by atoms with E-state index in [1.54, 1.807) is 20.5 Å². The molecule has 0 N–H and O–H groups in total. The third-order valence-corrected chi connectivity index (χ3v) is 12.0. The predicted molar refractivity (Wildman–Crippen MR) is 179 cm³/mol. The van der Waals surface area contributed by atoms with Crippen LogP contribution in [-0.4, -0.2) is 105 Å². The first kappa shape index (κ1) is 31.4. The molecule has 45 heavy (non-hydrogen) atoms. The third-order valence-electron chi connectivity index (χ3n) is 8.16. The third kappa shape index (κ3) is 7.29. The molecule has 12 nitrogen and oxygen atoms in total. The predicted octanol–water partition coefficient (Wildman–Crippen LogP) is 4.41. The summed E-state index contributed by atoms with van der Waals surface area (Å²) < 4.78 is 34.1. The maximum atomic E-state index is 14.1. The minimum absolute atomic E-state index is 0.0471. The van der Waals surface area contributed by atoms with Crippen molar-refractivity contribution in [2.45, 2.75) is 45.4 Å². The number of anilines is 1. The molecule has 2 aliphatic rings. The molecule has 0 radical (unpaired) electrons. The van der Waals surface area contributed by atoms with E-state index in [4.69, 9.17) is 23.9 Å². The number of nitrogens with zero attached hydrogens (tertiary/aromatic N) is 8. The number of amides is 1. The van der Waals surface area contributed by atoms with Gasteiger partial charge < -0.3 is 19.3 Å². The van der Waals surface area contributed by atoms with Crippen LogP contribution in [0, 0.1) is 0 Å². The molecule has 0 aliphatic carbocycles. The molecule has 4 aromatic rings. The van der Waals surface area contributed by atoms with E-state index < -0.39 is 17.8 Å². The maximum absolute atomic E-state index is 14.1. The van der Waals surface area contributed by atoms with Gasteiger partial charge in [-0.25, -0.2) is 13.9 Å². The van der Waals surface area contributed by atoms with Crippen LogP contribution in [0.5, 0.6) is 0 Å². The highest BCUT2D eigenvalue weighted by Crippen LogP contribution is 2.33. The van der Waals surface area contributed by atoms with Crippen molar-refractivity contribution >= 4 is 46.2 Å². The normalized spacial score (nSPS) is 18.8. The molecule has 0 saturated carbocycles. The number of hydrogen-bond donors (Lipinski definition) is 0. The van der Waals surface area contributed by atoms with Gasteiger partial charge in [0.05, 0.1) is 46.3 Å². The van der Waals surface area contributed by atoms with Crippen LogP contribution in [0.25, 0.3) is 16.9 Å². The molecule has 1 aromatic carbocycles. The summed E-state index contributed by atoms with van der Waals surface area (Å²) in [5.41, 5.74) is 1.81. The average Bonchev–Trinajstić information content (AvgIpc) is 3.67. The minimum Gasteiger partial charge on any atom is -0.377 e. The van der Waals surface area contributed by atoms with Crippen LogP contribution >= 0.6 is 0 Å². The molecular formula is C31H42N8O4SSi. The van der Waals surface area contributed by atoms with Gasteiger partial charge in [0, 0.05) is 69.7 Å². The first-order valence-corrected chi connectivity index (χ1v) is 21.1. The standard InChI is InChI=1S/C31H42N8O4SSi/c1-24-22-42-15-12-38(24)29-20-27(35-44(41)17-13-36(14-18-44)31(40)25-8-6-5-7-9-25)26-21-32-39(30(26)33-29)28-10-11-37(34-28)23-43-16-19-45(2,3)4/h5-11,20-21,24H,12-19,22-23H2,1-4H3/t24-/m1/s1. The van der Waals surface area contributed by atoms with Crippen LogP contribution in [0.15, 0.2) is 59.2 Å². The van der Waals surface area contributed by atoms with Gasteiger partial charge in [0.1, 0.15) is 12.5 Å². The van der Waals surface area contributed by atoms with Crippen LogP contribution < -0.4 is 4.90 Å². The Morgan fingerprint density at radius 3 is 2.62 bits per heavy atom. The van der Waals surface area contributed by atoms with Crippen molar-refractivity contribution < 1.29 is 18.5 Å². The second-order valence-corrected chi connectivity index (χ2v) is 21.1. The van der Waals surface area contributed by atoms with E-state index in [0.29, 0.717) is 85.8 Å². The lowest BCUT2D eigenvalue weighted by molar-refractivity contribution is 0.0770. The number of rotatable bonds is 9. The van der Waals surface area contributed by atoms with Crippen LogP contribution in [0.1, 0.15) is 17.3 Å². The Hall–Kier alpha value is -3.59. The molecule has 0 bridgehead atoms. The second-order valence-electron chi connectivity index (χ2n) is 12.9. The number of aromatic nitrogens is 5. The van der Waals surface area contributed by atoms with Gasteiger partial charge in [0.2, 0.25) is 0 Å². The first-order chi connectivity index (χ1) is 21.6. The lowest BCUT2D eigenvalue weighted by Gasteiger charge is -2.34. The van der Waals surface area contributed by atoms with Gasteiger partial charge in [0.15, 0.2) is 11.5 Å². The molecule has 6 rings (SSSR count). The number of carbonyl (C=O) groups is 1. The molecule has 2 saturated heterocycles. The highest BCUT2D eigenvalue weighted by Gasteiger charge is 2.27. The van der Waals surface area contributed by atoms with Crippen molar-refractivity contribution in [1.82, 2.24) is 29.4 Å². The zero-order valence-electron chi connectivity index (χ0n) is 26.5. The Morgan fingerprint density at radius 1 is 1.11 bits per heavy atom. The second kappa shape index (κ2) is 13.0. The van der Waals surface area contributed by atoms with Crippen LogP contribution in [0.3, 0.4) is 0 Å². The number of ether oxygens (including phenoxy) is 2. The van der Waals surface area contributed by atoms with E-state index in [-0.39, 0.29) is 11.9 Å². The van der Waals surface area contributed by atoms with Crippen molar-refractivity contribution in [3.05, 3.63) is 60.4 Å². The maximum Gasteiger partial charge on any atom is 0.253 e. The van der Waals surface area contributed by atoms with Gasteiger partial charge in [-0.1, -0.05) is 37.8 Å². The van der Waals surface area contributed by atoms with E-state index in [9.17, 15) is 9.00 Å². The molecule has 240 valence electrons. The number of carbonyl (C=O) groups excluding carboxylic acids is 1. The highest BCUT2D eigenvalue weighted by atomic mass is 32.2. The van der Waals surface area contributed by atoms with Gasteiger partial charge in [-0.2, -0.15) is 19.2 Å². The zero-order valence-corrected chi connectivity index (χ0v) is 28.3. The minimum atomic E-state index is -2.63. The van der Waals surface area contributed by atoms with Gasteiger partial charge >= 0.3 is 0 Å². The van der Waals surface area contributed by atoms with Gasteiger partial charge in [0.25, 0.3) is 5.91 Å². The Labute approximate surface area is 265 Å². The van der Waals surface area contributed by atoms with E-state index in [0.717, 1.165) is 11.9 Å². The van der Waals surface area contributed by atoms with Crippen molar-refractivity contribution in [1.29, 1.82) is 0 Å². The molecule has 3 aromatic heterocycles. The summed E-state index contributed by atoms with van der Waals surface area (Å²) in [6.07, 6.45) is 3.59. The van der Waals surface area contributed by atoms with E-state index in [1.165, 1.54) is 0 Å². The number of benzene rings is 1. The Bertz CT molecular complexity index is 1760. The van der Waals surface area contributed by atoms with Crippen molar-refractivity contribution in [2.75, 3.05) is 55.9 Å². The molecule has 1 atom stereocenters. The lowest BCUT2D eigenvalue weighted by Crippen LogP contribution is -2.44. The van der Waals surface area contributed by atoms with Crippen LogP contribution in [0.2, 0.25) is 25.7 Å². The monoisotopic (exact) mass is 650 g/mol. The number of hydrogen-bond acceptors (Lipinski definition) is 9. The Balaban J connectivity index is 1.30. The van der Waals surface area contributed by atoms with E-state index in [1.807, 2.05) is 48.7 Å². The average molecular weight is 651 g/mol. The summed E-state index contributed by atoms with van der Waals surface area (Å²) in [6, 6.07) is 14.2. The molecule has 0 unspecified atom stereocenters. The largest absolute Gasteiger partial charge is 0.377 e. The number of morpholine rings is 1. The van der Waals surface area contributed by atoms with E-state index >= 15 is 0 Å². The lowest BCUT2D eigenvalue weighted by atomic mass is 10.2. The molecule has 2 fully saturated rings. The zero-order chi connectivity index (χ0) is 31.6. The highest BCUT2D eigenvalue weighted by molar-refractivity contribution is 7.93. The molecule has 5 heterocycles. The Morgan fingerprint density at radius 2 is 1.89 bits per heavy atom. The summed E-state index contributed by atoms with van der Waals surface area (Å²) in [6.45, 7) is 12.8. The topological polar surface area (TPSA) is 120 Å². The van der Waals surface area contributed by atoms with Gasteiger partial charge in [-0.05, 0) is 25.1 Å². The number of fused-ring (bicyclic) bond motifs is 1. The fraction of sp³-hybridized carbons (Fsp3) is 0.484. The SMILES string of the molecule is C[C@@H]1COCCN1c1cc(N=S2(=O)CCN(C(=O)c3ccccc3)CC2)c2cnn(-c3ccn(COCC[Si](C)(C)C)n3)c2n1. The number of pyridine rings is 1. The van der Waals surface area contributed by atoms with Gasteiger partial charge in [-0.15, -0.1) is 0 Å². The molecule has 14 heteroatoms. The quantitative estimate of drug-likeness (QED) is 0.193. The van der Waals surface area contributed by atoms with Crippen LogP contribution in [0.4, 0.5) is 11.5 Å². The van der Waals surface area contributed by atoms with Gasteiger partial charge in [-0.3, -0.25) is 4.79 Å². The van der Waals surface area contributed by atoms with Crippen molar-refractivity contribution in [3.63, 3.8) is 0 Å². The molecular weight excluding hydrogens is 609 g/mol. The summed E-state index contributed by atoms with van der Waals surface area (Å²) in [5, 5.41) is 10.1. The molecule has 1 amide bonds. The van der Waals surface area contributed by atoms with Crippen LogP contribution in [-0.2, 0) is 25.9 Å². The smallest absolute Gasteiger partial charge is 0.253 e. The molecule has 0 spiro atoms. The van der Waals surface area contributed by atoms with Crippen molar-refractivity contribution in [3.8, 4) is 5.82 Å².